The first kappa shape index (κ1) is 9.93. The van der Waals surface area contributed by atoms with Crippen molar-refractivity contribution in [1.82, 2.24) is 10.3 Å². The van der Waals surface area contributed by atoms with E-state index < -0.39 is 0 Å². The van der Waals surface area contributed by atoms with Crippen LogP contribution in [0.5, 0.6) is 0 Å². The molecule has 1 unspecified atom stereocenters. The van der Waals surface area contributed by atoms with E-state index in [-0.39, 0.29) is 0 Å². The van der Waals surface area contributed by atoms with Crippen molar-refractivity contribution in [3.8, 4) is 0 Å². The van der Waals surface area contributed by atoms with Gasteiger partial charge in [-0.2, -0.15) is 0 Å². The van der Waals surface area contributed by atoms with Crippen molar-refractivity contribution < 1.29 is 0 Å². The topological polar surface area (TPSA) is 37.0 Å². The Hall–Kier alpha value is -0.610. The lowest BCUT2D eigenvalue weighted by Gasteiger charge is -2.24. The molecule has 1 aliphatic rings. The fraction of sp³-hybridized carbons (Fsp3) is 0.500. The number of hydrogen-bond donors (Lipinski definition) is 2. The molecule has 1 atom stereocenters. The van der Waals surface area contributed by atoms with Crippen LogP contribution in [0.2, 0.25) is 0 Å². The minimum absolute atomic E-state index is 0.542. The van der Waals surface area contributed by atoms with E-state index in [1.807, 2.05) is 6.20 Å². The lowest BCUT2D eigenvalue weighted by molar-refractivity contribution is 0.480. The molecular weight excluding hydrogens is 242 g/mol. The number of rotatable bonds is 2. The molecule has 0 spiro atoms. The van der Waals surface area contributed by atoms with Crippen molar-refractivity contribution in [3.05, 3.63) is 22.9 Å². The summed E-state index contributed by atoms with van der Waals surface area (Å²) in [5.74, 6) is 0. The van der Waals surface area contributed by atoms with Crippen molar-refractivity contribution >= 4 is 21.6 Å². The first-order valence-electron chi connectivity index (χ1n) is 4.92. The molecule has 1 fully saturated rings. The minimum Gasteiger partial charge on any atom is -0.380 e. The predicted molar refractivity (Wildman–Crippen MR) is 61.5 cm³/mol. The van der Waals surface area contributed by atoms with Gasteiger partial charge in [-0.15, -0.1) is 0 Å². The van der Waals surface area contributed by atoms with Crippen LogP contribution in [0.25, 0.3) is 0 Å². The molecule has 0 saturated carbocycles. The summed E-state index contributed by atoms with van der Waals surface area (Å²) in [6.45, 7) is 2.20. The summed E-state index contributed by atoms with van der Waals surface area (Å²) in [6, 6.07) is 2.60. The fourth-order valence-electron chi connectivity index (χ4n) is 1.70. The Morgan fingerprint density at radius 3 is 3.14 bits per heavy atom. The summed E-state index contributed by atoms with van der Waals surface area (Å²) in [6.07, 6.45) is 6.14. The van der Waals surface area contributed by atoms with Gasteiger partial charge in [0, 0.05) is 23.3 Å². The van der Waals surface area contributed by atoms with Gasteiger partial charge in [0.05, 0.1) is 11.9 Å². The van der Waals surface area contributed by atoms with Crippen molar-refractivity contribution in [3.63, 3.8) is 0 Å². The third-order valence-corrected chi connectivity index (χ3v) is 2.81. The second kappa shape index (κ2) is 4.75. The number of hydrogen-bond acceptors (Lipinski definition) is 3. The molecule has 14 heavy (non-hydrogen) atoms. The highest BCUT2D eigenvalue weighted by Crippen LogP contribution is 2.16. The van der Waals surface area contributed by atoms with E-state index in [1.54, 1.807) is 6.20 Å². The molecule has 1 saturated heterocycles. The van der Waals surface area contributed by atoms with E-state index >= 15 is 0 Å². The third-order valence-electron chi connectivity index (χ3n) is 2.37. The zero-order valence-corrected chi connectivity index (χ0v) is 9.55. The van der Waals surface area contributed by atoms with E-state index in [4.69, 9.17) is 0 Å². The maximum atomic E-state index is 4.12. The van der Waals surface area contributed by atoms with E-state index in [2.05, 4.69) is 37.6 Å². The van der Waals surface area contributed by atoms with E-state index in [0.717, 1.165) is 23.2 Å². The molecular formula is C10H14BrN3. The summed E-state index contributed by atoms with van der Waals surface area (Å²) in [4.78, 5) is 4.12. The van der Waals surface area contributed by atoms with Gasteiger partial charge in [-0.1, -0.05) is 0 Å². The molecule has 0 aliphatic carbocycles. The van der Waals surface area contributed by atoms with Gasteiger partial charge in [0.1, 0.15) is 0 Å². The monoisotopic (exact) mass is 255 g/mol. The SMILES string of the molecule is Brc1cncc(NC2CCCNC2)c1. The van der Waals surface area contributed by atoms with Crippen molar-refractivity contribution in [2.75, 3.05) is 18.4 Å². The molecule has 0 bridgehead atoms. The molecule has 0 amide bonds. The smallest absolute Gasteiger partial charge is 0.0540 e. The molecule has 2 rings (SSSR count). The number of anilines is 1. The van der Waals surface area contributed by atoms with E-state index in [9.17, 15) is 0 Å². The Bertz CT molecular complexity index is 297. The van der Waals surface area contributed by atoms with Gasteiger partial charge in [0.15, 0.2) is 0 Å². The quantitative estimate of drug-likeness (QED) is 0.849. The van der Waals surface area contributed by atoms with Crippen molar-refractivity contribution in [2.45, 2.75) is 18.9 Å². The molecule has 0 radical (unpaired) electrons. The molecule has 1 aliphatic heterocycles. The summed E-state index contributed by atoms with van der Waals surface area (Å²) < 4.78 is 1.02. The van der Waals surface area contributed by atoms with Crippen LogP contribution >= 0.6 is 15.9 Å². The van der Waals surface area contributed by atoms with Crippen molar-refractivity contribution in [1.29, 1.82) is 0 Å². The highest BCUT2D eigenvalue weighted by atomic mass is 79.9. The van der Waals surface area contributed by atoms with Crippen LogP contribution in [-0.2, 0) is 0 Å². The molecule has 1 aromatic rings. The van der Waals surface area contributed by atoms with Gasteiger partial charge >= 0.3 is 0 Å². The maximum Gasteiger partial charge on any atom is 0.0540 e. The van der Waals surface area contributed by atoms with Crippen LogP contribution < -0.4 is 10.6 Å². The van der Waals surface area contributed by atoms with Crippen LogP contribution in [0, 0.1) is 0 Å². The standard InChI is InChI=1S/C10H14BrN3/c11-8-4-10(7-13-5-8)14-9-2-1-3-12-6-9/h4-5,7,9,12,14H,1-3,6H2. The number of pyridine rings is 1. The number of nitrogens with one attached hydrogen (secondary N) is 2. The first-order valence-corrected chi connectivity index (χ1v) is 5.72. The van der Waals surface area contributed by atoms with Crippen LogP contribution in [0.3, 0.4) is 0 Å². The van der Waals surface area contributed by atoms with Gasteiger partial charge < -0.3 is 10.6 Å². The van der Waals surface area contributed by atoms with Gasteiger partial charge in [-0.05, 0) is 41.4 Å². The largest absolute Gasteiger partial charge is 0.380 e. The summed E-state index contributed by atoms with van der Waals surface area (Å²) >= 11 is 3.41. The zero-order valence-electron chi connectivity index (χ0n) is 7.96. The Labute approximate surface area is 92.4 Å². The second-order valence-corrected chi connectivity index (χ2v) is 4.50. The predicted octanol–water partition coefficient (Wildman–Crippen LogP) is 2.01. The van der Waals surface area contributed by atoms with Gasteiger partial charge in [0.25, 0.3) is 0 Å². The van der Waals surface area contributed by atoms with Gasteiger partial charge in [-0.3, -0.25) is 4.98 Å². The van der Waals surface area contributed by atoms with Crippen LogP contribution in [-0.4, -0.2) is 24.1 Å². The zero-order chi connectivity index (χ0) is 9.80. The van der Waals surface area contributed by atoms with Gasteiger partial charge in [-0.25, -0.2) is 0 Å². The number of halogens is 1. The van der Waals surface area contributed by atoms with E-state index in [1.165, 1.54) is 12.8 Å². The fourth-order valence-corrected chi connectivity index (χ4v) is 2.07. The normalized spacial score (nSPS) is 21.9. The average molecular weight is 256 g/mol. The van der Waals surface area contributed by atoms with Crippen LogP contribution in [0.15, 0.2) is 22.9 Å². The van der Waals surface area contributed by atoms with Crippen molar-refractivity contribution in [2.24, 2.45) is 0 Å². The molecule has 4 heteroatoms. The molecule has 1 aromatic heterocycles. The Kier molecular flexibility index (Phi) is 3.37. The average Bonchev–Trinajstić information content (AvgIpc) is 2.19. The summed E-state index contributed by atoms with van der Waals surface area (Å²) in [5.41, 5.74) is 1.09. The lowest BCUT2D eigenvalue weighted by Crippen LogP contribution is -2.38. The molecule has 2 heterocycles. The molecule has 3 nitrogen and oxygen atoms in total. The number of piperidine rings is 1. The number of nitrogens with zero attached hydrogens (tertiary/aromatic N) is 1. The van der Waals surface area contributed by atoms with Crippen LogP contribution in [0.1, 0.15) is 12.8 Å². The Balaban J connectivity index is 1.95. The summed E-state index contributed by atoms with van der Waals surface area (Å²) in [5, 5.41) is 6.84. The lowest BCUT2D eigenvalue weighted by atomic mass is 10.1. The maximum absolute atomic E-state index is 4.12. The summed E-state index contributed by atoms with van der Waals surface area (Å²) in [7, 11) is 0. The molecule has 2 N–H and O–H groups in total. The molecule has 0 aromatic carbocycles. The highest BCUT2D eigenvalue weighted by Gasteiger charge is 2.12. The number of aromatic nitrogens is 1. The molecule has 76 valence electrons. The minimum atomic E-state index is 0.542. The first-order chi connectivity index (χ1) is 6.84. The van der Waals surface area contributed by atoms with Gasteiger partial charge in [0.2, 0.25) is 0 Å². The Morgan fingerprint density at radius 1 is 1.50 bits per heavy atom. The van der Waals surface area contributed by atoms with E-state index in [0.29, 0.717) is 6.04 Å². The highest BCUT2D eigenvalue weighted by molar-refractivity contribution is 9.10. The second-order valence-electron chi connectivity index (χ2n) is 3.58. The van der Waals surface area contributed by atoms with Crippen LogP contribution in [0.4, 0.5) is 5.69 Å². The Morgan fingerprint density at radius 2 is 2.43 bits per heavy atom. The third kappa shape index (κ3) is 2.69.